The number of hydrogen-bond acceptors (Lipinski definition) is 7. The summed E-state index contributed by atoms with van der Waals surface area (Å²) in [5.41, 5.74) is 2.52. The molecule has 1 N–H and O–H groups in total. The van der Waals surface area contributed by atoms with Crippen LogP contribution >= 0.6 is 0 Å². The van der Waals surface area contributed by atoms with Gasteiger partial charge < -0.3 is 24.3 Å². The van der Waals surface area contributed by atoms with E-state index in [2.05, 4.69) is 24.8 Å². The zero-order chi connectivity index (χ0) is 19.7. The summed E-state index contributed by atoms with van der Waals surface area (Å²) >= 11 is 0. The Hall–Kier alpha value is -2.68. The maximum Gasteiger partial charge on any atom is 0.410 e. The van der Waals surface area contributed by atoms with Crippen molar-refractivity contribution in [2.75, 3.05) is 18.5 Å². The van der Waals surface area contributed by atoms with Crippen molar-refractivity contribution in [2.24, 2.45) is 0 Å². The van der Waals surface area contributed by atoms with Crippen LogP contribution in [0.5, 0.6) is 0 Å². The van der Waals surface area contributed by atoms with Crippen LogP contribution in [-0.2, 0) is 42.1 Å². The molecule has 0 aromatic carbocycles. The lowest BCUT2D eigenvalue weighted by molar-refractivity contribution is 0.0221. The van der Waals surface area contributed by atoms with Crippen LogP contribution in [0, 0.1) is 0 Å². The molecule has 0 spiro atoms. The van der Waals surface area contributed by atoms with E-state index < -0.39 is 5.60 Å². The Balaban J connectivity index is 1.45. The predicted octanol–water partition coefficient (Wildman–Crippen LogP) is 2.11. The quantitative estimate of drug-likeness (QED) is 0.863. The van der Waals surface area contributed by atoms with Crippen molar-refractivity contribution >= 4 is 11.9 Å². The molecule has 9 nitrogen and oxygen atoms in total. The Morgan fingerprint density at radius 3 is 2.96 bits per heavy atom. The number of fused-ring (bicyclic) bond motifs is 2. The number of anilines is 1. The van der Waals surface area contributed by atoms with Gasteiger partial charge in [-0.3, -0.25) is 0 Å². The highest BCUT2D eigenvalue weighted by Crippen LogP contribution is 2.24. The third-order valence-electron chi connectivity index (χ3n) is 4.81. The first kappa shape index (κ1) is 18.7. The molecule has 0 unspecified atom stereocenters. The molecule has 2 aliphatic heterocycles. The van der Waals surface area contributed by atoms with Crippen molar-refractivity contribution in [3.8, 4) is 0 Å². The van der Waals surface area contributed by atoms with Crippen LogP contribution in [0.1, 0.15) is 43.5 Å². The van der Waals surface area contributed by atoms with Crippen LogP contribution in [0.3, 0.4) is 0 Å². The molecule has 0 saturated carbocycles. The van der Waals surface area contributed by atoms with Gasteiger partial charge in [-0.15, -0.1) is 0 Å². The van der Waals surface area contributed by atoms with E-state index in [0.29, 0.717) is 39.3 Å². The molecule has 150 valence electrons. The van der Waals surface area contributed by atoms with Crippen LogP contribution in [0.25, 0.3) is 0 Å². The van der Waals surface area contributed by atoms with Gasteiger partial charge in [0.25, 0.3) is 0 Å². The van der Waals surface area contributed by atoms with Crippen LogP contribution in [0.4, 0.5) is 10.6 Å². The second kappa shape index (κ2) is 7.38. The van der Waals surface area contributed by atoms with Crippen LogP contribution in [-0.4, -0.2) is 49.3 Å². The van der Waals surface area contributed by atoms with Gasteiger partial charge in [0, 0.05) is 18.7 Å². The molecule has 1 amide bonds. The van der Waals surface area contributed by atoms with Crippen LogP contribution in [0.2, 0.25) is 0 Å². The van der Waals surface area contributed by atoms with Crippen molar-refractivity contribution in [2.45, 2.75) is 59.0 Å². The fourth-order valence-electron chi connectivity index (χ4n) is 3.47. The minimum atomic E-state index is -0.509. The molecule has 9 heteroatoms. The predicted molar refractivity (Wildman–Crippen MR) is 102 cm³/mol. The second-order valence-electron chi connectivity index (χ2n) is 8.02. The lowest BCUT2D eigenvalue weighted by Crippen LogP contribution is -2.40. The van der Waals surface area contributed by atoms with Gasteiger partial charge in [-0.1, -0.05) is 0 Å². The van der Waals surface area contributed by atoms with Gasteiger partial charge in [0.1, 0.15) is 30.2 Å². The summed E-state index contributed by atoms with van der Waals surface area (Å²) in [7, 11) is 0. The highest BCUT2D eigenvalue weighted by atomic mass is 16.6. The molecule has 2 aromatic rings. The Labute approximate surface area is 164 Å². The van der Waals surface area contributed by atoms with Crippen molar-refractivity contribution < 1.29 is 14.3 Å². The molecule has 0 radical (unpaired) electrons. The molecule has 4 heterocycles. The van der Waals surface area contributed by atoms with Crippen molar-refractivity contribution in [3.05, 3.63) is 35.3 Å². The Bertz CT molecular complexity index is 873. The normalized spacial score (nSPS) is 16.3. The molecule has 0 saturated heterocycles. The molecule has 2 aliphatic rings. The van der Waals surface area contributed by atoms with E-state index in [-0.39, 0.29) is 6.09 Å². The summed E-state index contributed by atoms with van der Waals surface area (Å²) in [5.74, 6) is 1.78. The molecule has 0 atom stereocenters. The summed E-state index contributed by atoms with van der Waals surface area (Å²) in [6, 6.07) is 0. The van der Waals surface area contributed by atoms with E-state index in [1.54, 1.807) is 11.2 Å². The Morgan fingerprint density at radius 1 is 1.29 bits per heavy atom. The first-order chi connectivity index (χ1) is 13.4. The lowest BCUT2D eigenvalue weighted by atomic mass is 10.1. The highest BCUT2D eigenvalue weighted by molar-refractivity contribution is 5.69. The molecular weight excluding hydrogens is 360 g/mol. The SMILES string of the molecule is CC(C)(C)OC(=O)N1CCc2c(ncnc2NCc2cnc3n2CCOC3)C1. The zero-order valence-electron chi connectivity index (χ0n) is 16.6. The minimum Gasteiger partial charge on any atom is -0.444 e. The number of aromatic nitrogens is 4. The number of hydrogen-bond donors (Lipinski definition) is 1. The smallest absolute Gasteiger partial charge is 0.410 e. The van der Waals surface area contributed by atoms with E-state index in [1.807, 2.05) is 27.0 Å². The van der Waals surface area contributed by atoms with E-state index >= 15 is 0 Å². The third-order valence-corrected chi connectivity index (χ3v) is 4.81. The number of rotatable bonds is 3. The monoisotopic (exact) mass is 386 g/mol. The van der Waals surface area contributed by atoms with E-state index in [9.17, 15) is 4.79 Å². The Morgan fingerprint density at radius 2 is 2.14 bits per heavy atom. The number of carbonyl (C=O) groups excluding carboxylic acids is 1. The second-order valence-corrected chi connectivity index (χ2v) is 8.02. The maximum atomic E-state index is 12.4. The van der Waals surface area contributed by atoms with Crippen LogP contribution in [0.15, 0.2) is 12.5 Å². The van der Waals surface area contributed by atoms with E-state index in [0.717, 1.165) is 35.1 Å². The highest BCUT2D eigenvalue weighted by Gasteiger charge is 2.28. The molecule has 0 fully saturated rings. The summed E-state index contributed by atoms with van der Waals surface area (Å²) < 4.78 is 13.1. The molecule has 28 heavy (non-hydrogen) atoms. The Kier molecular flexibility index (Phi) is 4.92. The van der Waals surface area contributed by atoms with Gasteiger partial charge in [0.05, 0.1) is 37.3 Å². The molecular formula is C19H26N6O3. The fraction of sp³-hybridized carbons (Fsp3) is 0.579. The number of ether oxygens (including phenoxy) is 2. The number of nitrogens with zero attached hydrogens (tertiary/aromatic N) is 5. The number of amides is 1. The average molecular weight is 386 g/mol. The van der Waals surface area contributed by atoms with Gasteiger partial charge >= 0.3 is 6.09 Å². The summed E-state index contributed by atoms with van der Waals surface area (Å²) in [6.07, 6.45) is 3.81. The van der Waals surface area contributed by atoms with Crippen molar-refractivity contribution in [3.63, 3.8) is 0 Å². The standard InChI is InChI=1S/C19H26N6O3/c1-19(2,3)28-18(26)24-5-4-14-15(10-24)22-12-23-17(14)21-9-13-8-20-16-11-27-7-6-25(13)16/h8,12H,4-7,9-11H2,1-3H3,(H,21,22,23). The van der Waals surface area contributed by atoms with Gasteiger partial charge in [-0.05, 0) is 27.2 Å². The first-order valence-corrected chi connectivity index (χ1v) is 9.56. The van der Waals surface area contributed by atoms with Gasteiger partial charge in [0.15, 0.2) is 0 Å². The van der Waals surface area contributed by atoms with Gasteiger partial charge in [-0.25, -0.2) is 19.7 Å². The number of nitrogens with one attached hydrogen (secondary N) is 1. The number of carbonyl (C=O) groups is 1. The van der Waals surface area contributed by atoms with E-state index in [1.165, 1.54) is 0 Å². The lowest BCUT2D eigenvalue weighted by Gasteiger charge is -2.31. The van der Waals surface area contributed by atoms with Crippen molar-refractivity contribution in [1.29, 1.82) is 0 Å². The summed E-state index contributed by atoms with van der Waals surface area (Å²) in [6.45, 7) is 9.34. The fourth-order valence-corrected chi connectivity index (χ4v) is 3.47. The van der Waals surface area contributed by atoms with Crippen molar-refractivity contribution in [1.82, 2.24) is 24.4 Å². The topological polar surface area (TPSA) is 94.4 Å². The largest absolute Gasteiger partial charge is 0.444 e. The third kappa shape index (κ3) is 3.94. The van der Waals surface area contributed by atoms with Gasteiger partial charge in [-0.2, -0.15) is 0 Å². The van der Waals surface area contributed by atoms with Crippen LogP contribution < -0.4 is 5.32 Å². The summed E-state index contributed by atoms with van der Waals surface area (Å²) in [5, 5.41) is 3.42. The molecule has 2 aromatic heterocycles. The van der Waals surface area contributed by atoms with Gasteiger partial charge in [0.2, 0.25) is 0 Å². The molecule has 0 aliphatic carbocycles. The molecule has 0 bridgehead atoms. The summed E-state index contributed by atoms with van der Waals surface area (Å²) in [4.78, 5) is 27.3. The van der Waals surface area contributed by atoms with E-state index in [4.69, 9.17) is 9.47 Å². The minimum absolute atomic E-state index is 0.306. The average Bonchev–Trinajstić information content (AvgIpc) is 3.07. The zero-order valence-corrected chi connectivity index (χ0v) is 16.6. The maximum absolute atomic E-state index is 12.4. The molecule has 4 rings (SSSR count). The number of imidazole rings is 1. The first-order valence-electron chi connectivity index (χ1n) is 9.56.